The molecule has 100 valence electrons. The Morgan fingerprint density at radius 2 is 2.00 bits per heavy atom. The van der Waals surface area contributed by atoms with Crippen molar-refractivity contribution in [1.29, 1.82) is 0 Å². The maximum atomic E-state index is 13.6. The number of rotatable bonds is 3. The van der Waals surface area contributed by atoms with Crippen molar-refractivity contribution in [2.24, 2.45) is 0 Å². The largest absolute Gasteiger partial charge is 0.461 e. The monoisotopic (exact) mass is 283 g/mol. The molecule has 0 atom stereocenters. The molecule has 0 fully saturated rings. The van der Waals surface area contributed by atoms with E-state index >= 15 is 0 Å². The molecule has 1 aromatic heterocycles. The van der Waals surface area contributed by atoms with Crippen molar-refractivity contribution < 1.29 is 18.3 Å². The van der Waals surface area contributed by atoms with Gasteiger partial charge in [-0.3, -0.25) is 0 Å². The number of esters is 1. The zero-order valence-electron chi connectivity index (χ0n) is 10.4. The topological polar surface area (TPSA) is 39.2 Å². The number of carbonyl (C=O) groups is 1. The summed E-state index contributed by atoms with van der Waals surface area (Å²) in [6.45, 7) is 3.56. The fourth-order valence-corrected chi connectivity index (χ4v) is 2.54. The summed E-state index contributed by atoms with van der Waals surface area (Å²) in [5.74, 6) is -1.99. The van der Waals surface area contributed by atoms with E-state index in [1.165, 1.54) is 6.07 Å². The van der Waals surface area contributed by atoms with Crippen molar-refractivity contribution in [1.82, 2.24) is 4.98 Å². The van der Waals surface area contributed by atoms with Crippen LogP contribution in [0, 0.1) is 18.6 Å². The van der Waals surface area contributed by atoms with Crippen molar-refractivity contribution >= 4 is 17.3 Å². The maximum Gasteiger partial charge on any atom is 0.358 e. The first-order valence-corrected chi connectivity index (χ1v) is 6.45. The predicted octanol–water partition coefficient (Wildman–Crippen LogP) is 3.57. The fraction of sp³-hybridized carbons (Fsp3) is 0.231. The molecule has 0 aliphatic carbocycles. The minimum Gasteiger partial charge on any atom is -0.461 e. The van der Waals surface area contributed by atoms with Crippen molar-refractivity contribution in [2.75, 3.05) is 6.61 Å². The predicted molar refractivity (Wildman–Crippen MR) is 68.2 cm³/mol. The average Bonchev–Trinajstić information content (AvgIpc) is 2.71. The van der Waals surface area contributed by atoms with Gasteiger partial charge in [-0.05, 0) is 26.0 Å². The molecule has 6 heteroatoms. The molecule has 0 amide bonds. The molecule has 0 aliphatic rings. The summed E-state index contributed by atoms with van der Waals surface area (Å²) in [5.41, 5.74) is -0.115. The minimum absolute atomic E-state index is 0.101. The standard InChI is InChI=1S/C13H11F2NO2S/c1-3-18-13(17)11-7(2)19-12(16-11)10-8(14)5-4-6-9(10)15/h4-6H,3H2,1-2H3. The van der Waals surface area contributed by atoms with E-state index in [9.17, 15) is 13.6 Å². The average molecular weight is 283 g/mol. The number of nitrogens with zero attached hydrogens (tertiary/aromatic N) is 1. The van der Waals surface area contributed by atoms with Crippen LogP contribution < -0.4 is 0 Å². The third kappa shape index (κ3) is 2.63. The van der Waals surface area contributed by atoms with Gasteiger partial charge in [-0.15, -0.1) is 11.3 Å². The molecule has 0 aliphatic heterocycles. The van der Waals surface area contributed by atoms with Gasteiger partial charge in [-0.25, -0.2) is 18.6 Å². The quantitative estimate of drug-likeness (QED) is 0.808. The molecule has 0 saturated heterocycles. The Kier molecular flexibility index (Phi) is 3.90. The molecular weight excluding hydrogens is 272 g/mol. The number of benzene rings is 1. The molecule has 0 unspecified atom stereocenters. The Morgan fingerprint density at radius 3 is 2.58 bits per heavy atom. The highest BCUT2D eigenvalue weighted by Crippen LogP contribution is 2.31. The van der Waals surface area contributed by atoms with Crippen LogP contribution in [0.15, 0.2) is 18.2 Å². The smallest absolute Gasteiger partial charge is 0.358 e. The zero-order valence-corrected chi connectivity index (χ0v) is 11.2. The van der Waals surface area contributed by atoms with Gasteiger partial charge in [0.25, 0.3) is 0 Å². The van der Waals surface area contributed by atoms with Crippen molar-refractivity contribution in [3.63, 3.8) is 0 Å². The van der Waals surface area contributed by atoms with Crippen LogP contribution >= 0.6 is 11.3 Å². The Morgan fingerprint density at radius 1 is 1.37 bits per heavy atom. The maximum absolute atomic E-state index is 13.6. The normalized spacial score (nSPS) is 10.5. The fourth-order valence-electron chi connectivity index (χ4n) is 1.59. The summed E-state index contributed by atoms with van der Waals surface area (Å²) in [6, 6.07) is 3.58. The number of carbonyl (C=O) groups excluding carboxylic acids is 1. The van der Waals surface area contributed by atoms with E-state index < -0.39 is 17.6 Å². The molecular formula is C13H11F2NO2S. The van der Waals surface area contributed by atoms with Gasteiger partial charge in [0, 0.05) is 4.88 Å². The Balaban J connectivity index is 2.48. The summed E-state index contributed by atoms with van der Waals surface area (Å²) in [6.07, 6.45) is 0. The molecule has 0 radical (unpaired) electrons. The second kappa shape index (κ2) is 5.44. The number of hydrogen-bond donors (Lipinski definition) is 0. The van der Waals surface area contributed by atoms with Gasteiger partial charge >= 0.3 is 5.97 Å². The molecule has 3 nitrogen and oxygen atoms in total. The van der Waals surface area contributed by atoms with Crippen LogP contribution in [0.2, 0.25) is 0 Å². The Labute approximate surface area is 112 Å². The van der Waals surface area contributed by atoms with Crippen LogP contribution in [0.5, 0.6) is 0 Å². The van der Waals surface area contributed by atoms with E-state index in [2.05, 4.69) is 4.98 Å². The first kappa shape index (κ1) is 13.6. The van der Waals surface area contributed by atoms with Gasteiger partial charge in [0.1, 0.15) is 16.6 Å². The summed E-state index contributed by atoms with van der Waals surface area (Å²) in [5, 5.41) is 0.135. The van der Waals surface area contributed by atoms with Crippen LogP contribution in [0.1, 0.15) is 22.3 Å². The third-order valence-electron chi connectivity index (χ3n) is 2.44. The zero-order chi connectivity index (χ0) is 14.0. The lowest BCUT2D eigenvalue weighted by molar-refractivity contribution is 0.0519. The summed E-state index contributed by atoms with van der Waals surface area (Å²) in [7, 11) is 0. The molecule has 19 heavy (non-hydrogen) atoms. The van der Waals surface area contributed by atoms with Crippen LogP contribution in [0.4, 0.5) is 8.78 Å². The minimum atomic E-state index is -0.704. The molecule has 1 aromatic carbocycles. The van der Waals surface area contributed by atoms with Crippen LogP contribution in [-0.4, -0.2) is 17.6 Å². The van der Waals surface area contributed by atoms with Gasteiger partial charge < -0.3 is 4.74 Å². The summed E-state index contributed by atoms with van der Waals surface area (Å²) in [4.78, 5) is 16.2. The number of hydrogen-bond acceptors (Lipinski definition) is 4. The second-order valence-electron chi connectivity index (χ2n) is 3.74. The van der Waals surface area contributed by atoms with Crippen LogP contribution in [0.3, 0.4) is 0 Å². The lowest BCUT2D eigenvalue weighted by atomic mass is 10.2. The number of thiazole rings is 1. The first-order chi connectivity index (χ1) is 9.04. The van der Waals surface area contributed by atoms with E-state index in [4.69, 9.17) is 4.74 Å². The Hall–Kier alpha value is -1.82. The van der Waals surface area contributed by atoms with E-state index in [-0.39, 0.29) is 22.9 Å². The van der Waals surface area contributed by atoms with E-state index in [1.807, 2.05) is 0 Å². The first-order valence-electron chi connectivity index (χ1n) is 5.63. The number of ether oxygens (including phenoxy) is 1. The highest BCUT2D eigenvalue weighted by atomic mass is 32.1. The number of halogens is 2. The van der Waals surface area contributed by atoms with Crippen LogP contribution in [-0.2, 0) is 4.74 Å². The molecule has 0 spiro atoms. The molecule has 0 bridgehead atoms. The molecule has 0 N–H and O–H groups in total. The number of aryl methyl sites for hydroxylation is 1. The molecule has 2 aromatic rings. The van der Waals surface area contributed by atoms with Crippen LogP contribution in [0.25, 0.3) is 10.6 Å². The van der Waals surface area contributed by atoms with Gasteiger partial charge in [0.05, 0.1) is 12.2 Å². The summed E-state index contributed by atoms with van der Waals surface area (Å²) >= 11 is 1.06. The molecule has 0 saturated carbocycles. The summed E-state index contributed by atoms with van der Waals surface area (Å²) < 4.78 is 32.1. The van der Waals surface area contributed by atoms with Crippen molar-refractivity contribution in [3.05, 3.63) is 40.4 Å². The third-order valence-corrected chi connectivity index (χ3v) is 3.43. The van der Waals surface area contributed by atoms with Crippen molar-refractivity contribution in [2.45, 2.75) is 13.8 Å². The number of aromatic nitrogens is 1. The van der Waals surface area contributed by atoms with Crippen molar-refractivity contribution in [3.8, 4) is 10.6 Å². The van der Waals surface area contributed by atoms with Gasteiger partial charge in [0.15, 0.2) is 5.69 Å². The van der Waals surface area contributed by atoms with E-state index in [1.54, 1.807) is 13.8 Å². The van der Waals surface area contributed by atoms with Gasteiger partial charge in [-0.2, -0.15) is 0 Å². The molecule has 2 rings (SSSR count). The van der Waals surface area contributed by atoms with E-state index in [0.29, 0.717) is 4.88 Å². The highest BCUT2D eigenvalue weighted by molar-refractivity contribution is 7.15. The van der Waals surface area contributed by atoms with Gasteiger partial charge in [0.2, 0.25) is 0 Å². The Bertz CT molecular complexity index is 605. The SMILES string of the molecule is CCOC(=O)c1nc(-c2c(F)cccc2F)sc1C. The van der Waals surface area contributed by atoms with E-state index in [0.717, 1.165) is 23.5 Å². The highest BCUT2D eigenvalue weighted by Gasteiger charge is 2.21. The lowest BCUT2D eigenvalue weighted by Crippen LogP contribution is -2.06. The lowest BCUT2D eigenvalue weighted by Gasteiger charge is -2.00. The van der Waals surface area contributed by atoms with Gasteiger partial charge in [-0.1, -0.05) is 6.07 Å². The molecule has 1 heterocycles. The second-order valence-corrected chi connectivity index (χ2v) is 4.94.